The van der Waals surface area contributed by atoms with Crippen LogP contribution in [0.1, 0.15) is 25.0 Å². The Morgan fingerprint density at radius 2 is 1.02 bits per heavy atom. The van der Waals surface area contributed by atoms with Crippen molar-refractivity contribution < 1.29 is 0 Å². The first-order valence-electron chi connectivity index (χ1n) is 16.8. The molecule has 0 saturated carbocycles. The Hall–Kier alpha value is -6.19. The second-order valence-corrected chi connectivity index (χ2v) is 13.3. The molecule has 0 N–H and O–H groups in total. The molecular weight excluding hydrogens is 595 g/mol. The molecule has 0 bridgehead atoms. The van der Waals surface area contributed by atoms with E-state index >= 15 is 0 Å². The van der Waals surface area contributed by atoms with E-state index in [0.29, 0.717) is 5.82 Å². The van der Waals surface area contributed by atoms with E-state index in [1.165, 1.54) is 44.2 Å². The maximum absolute atomic E-state index is 5.12. The van der Waals surface area contributed by atoms with Gasteiger partial charge in [-0.2, -0.15) is 0 Å². The largest absolute Gasteiger partial charge is 0.265 e. The third kappa shape index (κ3) is 4.94. The fourth-order valence-corrected chi connectivity index (χ4v) is 7.47. The Bertz CT molecular complexity index is 2500. The molecule has 0 unspecified atom stereocenters. The summed E-state index contributed by atoms with van der Waals surface area (Å²) in [5.74, 6) is 0.702. The quantitative estimate of drug-likeness (QED) is 0.191. The molecule has 0 spiro atoms. The van der Waals surface area contributed by atoms with E-state index in [0.717, 1.165) is 39.2 Å². The van der Waals surface area contributed by atoms with Crippen LogP contribution >= 0.6 is 0 Å². The van der Waals surface area contributed by atoms with Gasteiger partial charge in [-0.1, -0.05) is 135 Å². The van der Waals surface area contributed by atoms with Crippen molar-refractivity contribution in [1.82, 2.24) is 15.0 Å². The third-order valence-corrected chi connectivity index (χ3v) is 10.0. The van der Waals surface area contributed by atoms with Crippen LogP contribution in [0.3, 0.4) is 0 Å². The van der Waals surface area contributed by atoms with Gasteiger partial charge in [-0.05, 0) is 85.6 Å². The summed E-state index contributed by atoms with van der Waals surface area (Å²) in [6.07, 6.45) is 3.66. The zero-order chi connectivity index (χ0) is 33.0. The zero-order valence-electron chi connectivity index (χ0n) is 27.4. The monoisotopic (exact) mass is 627 g/mol. The number of pyridine rings is 1. The first kappa shape index (κ1) is 29.0. The summed E-state index contributed by atoms with van der Waals surface area (Å²) in [5.41, 5.74) is 14.9. The van der Waals surface area contributed by atoms with Crippen LogP contribution in [0.15, 0.2) is 164 Å². The number of benzene rings is 6. The highest BCUT2D eigenvalue weighted by molar-refractivity contribution is 5.98. The summed E-state index contributed by atoms with van der Waals surface area (Å²) in [5, 5.41) is 2.56. The van der Waals surface area contributed by atoms with Crippen LogP contribution in [0, 0.1) is 0 Å². The Kier molecular flexibility index (Phi) is 6.80. The van der Waals surface area contributed by atoms with E-state index in [-0.39, 0.29) is 5.41 Å². The van der Waals surface area contributed by atoms with Gasteiger partial charge >= 0.3 is 0 Å². The van der Waals surface area contributed by atoms with Gasteiger partial charge in [0.15, 0.2) is 5.82 Å². The minimum Gasteiger partial charge on any atom is -0.265 e. The van der Waals surface area contributed by atoms with Gasteiger partial charge in [-0.3, -0.25) is 4.98 Å². The first-order chi connectivity index (χ1) is 24.0. The van der Waals surface area contributed by atoms with Gasteiger partial charge in [0.2, 0.25) is 0 Å². The first-order valence-corrected chi connectivity index (χ1v) is 16.8. The van der Waals surface area contributed by atoms with Crippen molar-refractivity contribution in [3.8, 4) is 67.3 Å². The molecule has 1 aliphatic rings. The molecule has 0 radical (unpaired) electrons. The van der Waals surface area contributed by atoms with Crippen LogP contribution in [-0.4, -0.2) is 15.0 Å². The molecule has 0 aliphatic heterocycles. The topological polar surface area (TPSA) is 38.7 Å². The van der Waals surface area contributed by atoms with E-state index in [9.17, 15) is 0 Å². The minimum atomic E-state index is -0.0810. The maximum Gasteiger partial charge on any atom is 0.160 e. The molecule has 0 amide bonds. The van der Waals surface area contributed by atoms with Crippen LogP contribution in [0.2, 0.25) is 0 Å². The van der Waals surface area contributed by atoms with Crippen LogP contribution in [0.4, 0.5) is 0 Å². The van der Waals surface area contributed by atoms with Gasteiger partial charge in [0.25, 0.3) is 0 Å². The summed E-state index contributed by atoms with van der Waals surface area (Å²) in [7, 11) is 0. The van der Waals surface area contributed by atoms with Crippen molar-refractivity contribution in [2.45, 2.75) is 19.3 Å². The van der Waals surface area contributed by atoms with Gasteiger partial charge < -0.3 is 0 Å². The van der Waals surface area contributed by atoms with Crippen LogP contribution in [0.5, 0.6) is 0 Å². The Balaban J connectivity index is 1.17. The number of fused-ring (bicyclic) bond motifs is 4. The molecule has 0 saturated heterocycles. The molecule has 8 aromatic rings. The summed E-state index contributed by atoms with van der Waals surface area (Å²) in [4.78, 5) is 14.5. The lowest BCUT2D eigenvalue weighted by Gasteiger charge is -2.22. The molecule has 9 rings (SSSR count). The van der Waals surface area contributed by atoms with Gasteiger partial charge in [0, 0.05) is 34.5 Å². The molecular formula is C46H33N3. The third-order valence-electron chi connectivity index (χ3n) is 10.0. The number of hydrogen-bond donors (Lipinski definition) is 0. The summed E-state index contributed by atoms with van der Waals surface area (Å²) in [6.45, 7) is 4.70. The second-order valence-electron chi connectivity index (χ2n) is 13.3. The molecule has 0 atom stereocenters. The maximum atomic E-state index is 5.12. The number of aromatic nitrogens is 3. The lowest BCUT2D eigenvalue weighted by Crippen LogP contribution is -2.14. The van der Waals surface area contributed by atoms with Crippen molar-refractivity contribution in [2.75, 3.05) is 0 Å². The van der Waals surface area contributed by atoms with Crippen LogP contribution in [-0.2, 0) is 5.41 Å². The van der Waals surface area contributed by atoms with Gasteiger partial charge in [0.1, 0.15) is 0 Å². The lowest BCUT2D eigenvalue weighted by atomic mass is 9.81. The highest BCUT2D eigenvalue weighted by Crippen LogP contribution is 2.53. The highest BCUT2D eigenvalue weighted by atomic mass is 14.9. The molecule has 0 fully saturated rings. The van der Waals surface area contributed by atoms with Crippen molar-refractivity contribution in [1.29, 1.82) is 0 Å². The van der Waals surface area contributed by atoms with Crippen molar-refractivity contribution in [3.05, 3.63) is 175 Å². The molecule has 3 heteroatoms. The zero-order valence-corrected chi connectivity index (χ0v) is 27.4. The Labute approximate surface area is 286 Å². The van der Waals surface area contributed by atoms with E-state index in [2.05, 4.69) is 140 Å². The van der Waals surface area contributed by atoms with Crippen molar-refractivity contribution >= 4 is 10.8 Å². The second kappa shape index (κ2) is 11.5. The lowest BCUT2D eigenvalue weighted by molar-refractivity contribution is 0.661. The fourth-order valence-electron chi connectivity index (χ4n) is 7.47. The van der Waals surface area contributed by atoms with Gasteiger partial charge in [-0.15, -0.1) is 0 Å². The number of nitrogens with zero attached hydrogens (tertiary/aromatic N) is 3. The SMILES string of the molecule is CC1(C)c2cc3ccccc3cc2-c2c(-c3ccc(-c4cc(-c5ccccc5-c5ccncc5)nc(-c5ccccc5)n4)cc3)cccc21. The van der Waals surface area contributed by atoms with Crippen LogP contribution < -0.4 is 0 Å². The molecule has 2 heterocycles. The normalized spacial score (nSPS) is 12.9. The highest BCUT2D eigenvalue weighted by Gasteiger charge is 2.37. The number of rotatable bonds is 5. The minimum absolute atomic E-state index is 0.0810. The summed E-state index contributed by atoms with van der Waals surface area (Å²) in [6, 6.07) is 54.0. The molecule has 49 heavy (non-hydrogen) atoms. The average molecular weight is 628 g/mol. The van der Waals surface area contributed by atoms with E-state index in [1.807, 2.05) is 42.7 Å². The molecule has 3 nitrogen and oxygen atoms in total. The fraction of sp³-hybridized carbons (Fsp3) is 0.0652. The standard InChI is InChI=1S/C46H33N3/c1-46(2)40-18-10-17-37(44(40)39-27-34-13-6-7-14-35(34)28-41(39)46)30-19-21-32(22-20-30)42-29-43(49-45(48-42)33-11-4-3-5-12-33)38-16-9-8-15-36(38)31-23-25-47-26-24-31/h3-29H,1-2H3. The van der Waals surface area contributed by atoms with Gasteiger partial charge in [0.05, 0.1) is 11.4 Å². The van der Waals surface area contributed by atoms with E-state index in [1.54, 1.807) is 0 Å². The molecule has 2 aromatic heterocycles. The van der Waals surface area contributed by atoms with Crippen LogP contribution in [0.25, 0.3) is 78.1 Å². The number of hydrogen-bond acceptors (Lipinski definition) is 3. The average Bonchev–Trinajstić information content (AvgIpc) is 3.39. The predicted octanol–water partition coefficient (Wildman–Crippen LogP) is 11.7. The molecule has 1 aliphatic carbocycles. The van der Waals surface area contributed by atoms with E-state index in [4.69, 9.17) is 9.97 Å². The predicted molar refractivity (Wildman–Crippen MR) is 202 cm³/mol. The Morgan fingerprint density at radius 3 is 1.80 bits per heavy atom. The van der Waals surface area contributed by atoms with Gasteiger partial charge in [-0.25, -0.2) is 9.97 Å². The van der Waals surface area contributed by atoms with Crippen molar-refractivity contribution in [2.24, 2.45) is 0 Å². The van der Waals surface area contributed by atoms with Crippen molar-refractivity contribution in [3.63, 3.8) is 0 Å². The smallest absolute Gasteiger partial charge is 0.160 e. The van der Waals surface area contributed by atoms with E-state index < -0.39 is 0 Å². The molecule has 232 valence electrons. The molecule has 6 aromatic carbocycles. The summed E-state index contributed by atoms with van der Waals surface area (Å²) >= 11 is 0. The Morgan fingerprint density at radius 1 is 0.408 bits per heavy atom. The summed E-state index contributed by atoms with van der Waals surface area (Å²) < 4.78 is 0.